The summed E-state index contributed by atoms with van der Waals surface area (Å²) < 4.78 is 6.51. The molecule has 2 rings (SSSR count). The molecule has 3 N–H and O–H groups in total. The number of aliphatic hydroxyl groups is 1. The smallest absolute Gasteiger partial charge is 0.358 e. The van der Waals surface area contributed by atoms with Crippen LogP contribution >= 0.6 is 0 Å². The van der Waals surface area contributed by atoms with Crippen LogP contribution in [-0.2, 0) is 4.74 Å². The van der Waals surface area contributed by atoms with Gasteiger partial charge in [-0.2, -0.15) is 5.10 Å². The molecule has 0 spiro atoms. The highest BCUT2D eigenvalue weighted by Crippen LogP contribution is 2.11. The van der Waals surface area contributed by atoms with Gasteiger partial charge in [0.15, 0.2) is 5.69 Å². The van der Waals surface area contributed by atoms with Crippen molar-refractivity contribution < 1.29 is 14.6 Å². The van der Waals surface area contributed by atoms with E-state index in [9.17, 15) is 4.79 Å². The summed E-state index contributed by atoms with van der Waals surface area (Å²) in [6, 6.07) is 8.72. The fraction of sp³-hybridized carbons (Fsp3) is 0.231. The Bertz CT molecular complexity index is 549. The lowest BCUT2D eigenvalue weighted by molar-refractivity contribution is 0.0475. The molecule has 0 unspecified atom stereocenters. The number of aromatic nitrogens is 2. The Labute approximate surface area is 110 Å². The maximum absolute atomic E-state index is 11.6. The van der Waals surface area contributed by atoms with Crippen molar-refractivity contribution in [2.24, 2.45) is 0 Å². The summed E-state index contributed by atoms with van der Waals surface area (Å²) >= 11 is 0. The predicted molar refractivity (Wildman–Crippen MR) is 70.0 cm³/mol. The van der Waals surface area contributed by atoms with Crippen LogP contribution in [0.3, 0.4) is 0 Å². The number of benzene rings is 1. The first kappa shape index (κ1) is 13.1. The SMILES string of the molecule is Nc1ccc(-n2ccc(C(=O)OCCCO)n2)cc1. The first-order valence-corrected chi connectivity index (χ1v) is 5.90. The number of carbonyl (C=O) groups is 1. The number of nitrogen functional groups attached to an aromatic ring is 1. The number of ether oxygens (including phenoxy) is 1. The highest BCUT2D eigenvalue weighted by molar-refractivity contribution is 5.87. The molecule has 1 aromatic heterocycles. The highest BCUT2D eigenvalue weighted by atomic mass is 16.5. The van der Waals surface area contributed by atoms with E-state index in [1.807, 2.05) is 12.1 Å². The van der Waals surface area contributed by atoms with Crippen LogP contribution in [0.25, 0.3) is 5.69 Å². The third kappa shape index (κ3) is 3.32. The van der Waals surface area contributed by atoms with Crippen LogP contribution in [0.15, 0.2) is 36.5 Å². The number of nitrogens with zero attached hydrogens (tertiary/aromatic N) is 2. The van der Waals surface area contributed by atoms with Crippen molar-refractivity contribution in [1.29, 1.82) is 0 Å². The third-order valence-electron chi connectivity index (χ3n) is 2.49. The molecule has 0 saturated carbocycles. The second-order valence-electron chi connectivity index (χ2n) is 3.95. The van der Waals surface area contributed by atoms with Gasteiger partial charge in [-0.05, 0) is 30.3 Å². The van der Waals surface area contributed by atoms with Crippen LogP contribution in [0.5, 0.6) is 0 Å². The molecule has 0 saturated heterocycles. The number of hydrogen-bond acceptors (Lipinski definition) is 5. The van der Waals surface area contributed by atoms with E-state index in [0.29, 0.717) is 12.1 Å². The second-order valence-corrected chi connectivity index (χ2v) is 3.95. The van der Waals surface area contributed by atoms with Gasteiger partial charge in [-0.3, -0.25) is 0 Å². The minimum absolute atomic E-state index is 0.00679. The summed E-state index contributed by atoms with van der Waals surface area (Å²) in [6.07, 6.45) is 2.10. The topological polar surface area (TPSA) is 90.4 Å². The van der Waals surface area contributed by atoms with Crippen molar-refractivity contribution in [2.75, 3.05) is 18.9 Å². The van der Waals surface area contributed by atoms with Crippen molar-refractivity contribution in [3.05, 3.63) is 42.2 Å². The zero-order valence-corrected chi connectivity index (χ0v) is 10.3. The van der Waals surface area contributed by atoms with Gasteiger partial charge >= 0.3 is 5.97 Å². The molecule has 2 aromatic rings. The Kier molecular flexibility index (Phi) is 4.15. The van der Waals surface area contributed by atoms with Gasteiger partial charge < -0.3 is 15.6 Å². The van der Waals surface area contributed by atoms with Gasteiger partial charge in [-0.15, -0.1) is 0 Å². The number of nitrogens with two attached hydrogens (primary N) is 1. The molecule has 0 atom stereocenters. The van der Waals surface area contributed by atoms with E-state index in [2.05, 4.69) is 5.10 Å². The predicted octanol–water partition coefficient (Wildman–Crippen LogP) is 0.994. The maximum Gasteiger partial charge on any atom is 0.358 e. The summed E-state index contributed by atoms with van der Waals surface area (Å²) in [7, 11) is 0. The Morgan fingerprint density at radius 2 is 2.05 bits per heavy atom. The fourth-order valence-electron chi connectivity index (χ4n) is 1.51. The van der Waals surface area contributed by atoms with Crippen LogP contribution in [0.1, 0.15) is 16.9 Å². The van der Waals surface area contributed by atoms with Crippen molar-refractivity contribution in [3.63, 3.8) is 0 Å². The van der Waals surface area contributed by atoms with E-state index in [1.165, 1.54) is 0 Å². The minimum Gasteiger partial charge on any atom is -0.461 e. The average Bonchev–Trinajstić information content (AvgIpc) is 2.89. The van der Waals surface area contributed by atoms with E-state index in [4.69, 9.17) is 15.6 Å². The lowest BCUT2D eigenvalue weighted by Gasteiger charge is -2.02. The Morgan fingerprint density at radius 3 is 2.74 bits per heavy atom. The van der Waals surface area contributed by atoms with Gasteiger partial charge in [0.05, 0.1) is 12.3 Å². The van der Waals surface area contributed by atoms with E-state index < -0.39 is 5.97 Å². The number of carbonyl (C=O) groups excluding carboxylic acids is 1. The average molecular weight is 261 g/mol. The van der Waals surface area contributed by atoms with Crippen LogP contribution in [0.4, 0.5) is 5.69 Å². The maximum atomic E-state index is 11.6. The van der Waals surface area contributed by atoms with E-state index in [0.717, 1.165) is 5.69 Å². The highest BCUT2D eigenvalue weighted by Gasteiger charge is 2.11. The molecule has 0 aliphatic rings. The molecule has 100 valence electrons. The summed E-state index contributed by atoms with van der Waals surface area (Å²) in [4.78, 5) is 11.6. The lowest BCUT2D eigenvalue weighted by atomic mass is 10.3. The van der Waals surface area contributed by atoms with Crippen LogP contribution < -0.4 is 5.73 Å². The van der Waals surface area contributed by atoms with Crippen molar-refractivity contribution in [2.45, 2.75) is 6.42 Å². The Morgan fingerprint density at radius 1 is 1.32 bits per heavy atom. The zero-order valence-electron chi connectivity index (χ0n) is 10.3. The summed E-state index contributed by atoms with van der Waals surface area (Å²) in [6.45, 7) is 0.178. The number of rotatable bonds is 5. The third-order valence-corrected chi connectivity index (χ3v) is 2.49. The molecule has 6 heteroatoms. The first-order chi connectivity index (χ1) is 9.20. The minimum atomic E-state index is -0.498. The molecule has 0 amide bonds. The van der Waals surface area contributed by atoms with Crippen LogP contribution in [0.2, 0.25) is 0 Å². The molecule has 0 fully saturated rings. The van der Waals surface area contributed by atoms with Gasteiger partial charge in [0, 0.05) is 24.9 Å². The lowest BCUT2D eigenvalue weighted by Crippen LogP contribution is -2.09. The van der Waals surface area contributed by atoms with E-state index >= 15 is 0 Å². The van der Waals surface area contributed by atoms with Gasteiger partial charge in [0.2, 0.25) is 0 Å². The number of aliphatic hydroxyl groups excluding tert-OH is 1. The normalized spacial score (nSPS) is 10.4. The Balaban J connectivity index is 2.06. The van der Waals surface area contributed by atoms with Gasteiger partial charge in [-0.25, -0.2) is 9.48 Å². The largest absolute Gasteiger partial charge is 0.461 e. The molecule has 0 radical (unpaired) electrons. The van der Waals surface area contributed by atoms with Crippen molar-refractivity contribution >= 4 is 11.7 Å². The summed E-state index contributed by atoms with van der Waals surface area (Å²) in [5.41, 5.74) is 7.31. The zero-order chi connectivity index (χ0) is 13.7. The van der Waals surface area contributed by atoms with Crippen molar-refractivity contribution in [3.8, 4) is 5.69 Å². The van der Waals surface area contributed by atoms with E-state index in [-0.39, 0.29) is 18.9 Å². The van der Waals surface area contributed by atoms with Gasteiger partial charge in [0.1, 0.15) is 0 Å². The number of anilines is 1. The van der Waals surface area contributed by atoms with Crippen LogP contribution in [0, 0.1) is 0 Å². The Hall–Kier alpha value is -2.34. The molecule has 6 nitrogen and oxygen atoms in total. The molecule has 19 heavy (non-hydrogen) atoms. The molecule has 0 aliphatic carbocycles. The monoisotopic (exact) mass is 261 g/mol. The quantitative estimate of drug-likeness (QED) is 0.476. The number of hydrogen-bond donors (Lipinski definition) is 2. The summed E-state index contributed by atoms with van der Waals surface area (Å²) in [5, 5.41) is 12.7. The van der Waals surface area contributed by atoms with Gasteiger partial charge in [0.25, 0.3) is 0 Å². The second kappa shape index (κ2) is 6.01. The molecule has 0 aliphatic heterocycles. The summed E-state index contributed by atoms with van der Waals surface area (Å²) in [5.74, 6) is -0.498. The molecule has 1 aromatic carbocycles. The van der Waals surface area contributed by atoms with E-state index in [1.54, 1.807) is 29.1 Å². The van der Waals surface area contributed by atoms with Gasteiger partial charge in [-0.1, -0.05) is 0 Å². The van der Waals surface area contributed by atoms with Crippen LogP contribution in [-0.4, -0.2) is 34.1 Å². The number of esters is 1. The van der Waals surface area contributed by atoms with Crippen molar-refractivity contribution in [1.82, 2.24) is 9.78 Å². The molecular formula is C13H15N3O3. The standard InChI is InChI=1S/C13H15N3O3/c14-10-2-4-11(5-3-10)16-7-6-12(15-16)13(18)19-9-1-8-17/h2-7,17H,1,8-9,14H2. The molecular weight excluding hydrogens is 246 g/mol. The molecule has 1 heterocycles. The first-order valence-electron chi connectivity index (χ1n) is 5.90. The fourth-order valence-corrected chi connectivity index (χ4v) is 1.51. The molecule has 0 bridgehead atoms.